The van der Waals surface area contributed by atoms with Crippen molar-refractivity contribution in [2.75, 3.05) is 14.2 Å². The van der Waals surface area contributed by atoms with Crippen molar-refractivity contribution >= 4 is 0 Å². The average molecular weight is 465 g/mol. The van der Waals surface area contributed by atoms with Crippen LogP contribution in [0, 0.1) is 0 Å². The van der Waals surface area contributed by atoms with Crippen molar-refractivity contribution < 1.29 is 9.47 Å². The molecule has 2 heteroatoms. The van der Waals surface area contributed by atoms with Crippen LogP contribution in [0.15, 0.2) is 24.3 Å². The van der Waals surface area contributed by atoms with Crippen LogP contribution < -0.4 is 9.47 Å². The van der Waals surface area contributed by atoms with Crippen LogP contribution in [0.2, 0.25) is 0 Å². The maximum absolute atomic E-state index is 6.05. The van der Waals surface area contributed by atoms with Crippen LogP contribution in [0.1, 0.15) is 113 Å². The van der Waals surface area contributed by atoms with Crippen molar-refractivity contribution in [1.29, 1.82) is 0 Å². The Bertz CT molecular complexity index is 877. The molecular weight excluding hydrogens is 416 g/mol. The molecule has 34 heavy (non-hydrogen) atoms. The van der Waals surface area contributed by atoms with Gasteiger partial charge in [0, 0.05) is 0 Å². The standard InChI is InChI=1S/C32H48O2/c1-31(2,3)27-19-23-15-13-11-9-10-12-14-16-24-20-28(32(4,5)6)22-26(30(24)34-8)18-17-25(21-27)29(23)33-7/h19-22H,9-18H2,1-8H3. The van der Waals surface area contributed by atoms with E-state index in [2.05, 4.69) is 65.8 Å². The van der Waals surface area contributed by atoms with Gasteiger partial charge in [0.1, 0.15) is 11.5 Å². The van der Waals surface area contributed by atoms with Crippen LogP contribution in [-0.4, -0.2) is 14.2 Å². The minimum atomic E-state index is 0.119. The third-order valence-electron chi connectivity index (χ3n) is 7.43. The zero-order chi connectivity index (χ0) is 24.9. The van der Waals surface area contributed by atoms with E-state index in [1.807, 2.05) is 14.2 Å². The fourth-order valence-electron chi connectivity index (χ4n) is 5.25. The third kappa shape index (κ3) is 6.58. The summed E-state index contributed by atoms with van der Waals surface area (Å²) < 4.78 is 12.1. The fourth-order valence-corrected chi connectivity index (χ4v) is 5.25. The van der Waals surface area contributed by atoms with E-state index in [1.165, 1.54) is 71.9 Å². The second-order valence-electron chi connectivity index (χ2n) is 12.3. The molecule has 0 heterocycles. The van der Waals surface area contributed by atoms with E-state index < -0.39 is 0 Å². The second-order valence-corrected chi connectivity index (χ2v) is 12.3. The molecule has 188 valence electrons. The molecule has 3 rings (SSSR count). The molecule has 1 aliphatic carbocycles. The molecule has 2 aromatic carbocycles. The summed E-state index contributed by atoms with van der Waals surface area (Å²) in [6.45, 7) is 13.9. The van der Waals surface area contributed by atoms with Crippen LogP contribution in [0.3, 0.4) is 0 Å². The monoisotopic (exact) mass is 464 g/mol. The number of rotatable bonds is 2. The van der Waals surface area contributed by atoms with Crippen LogP contribution in [0.5, 0.6) is 11.5 Å². The van der Waals surface area contributed by atoms with Gasteiger partial charge in [-0.05, 0) is 82.7 Å². The molecule has 0 aliphatic heterocycles. The van der Waals surface area contributed by atoms with Crippen molar-refractivity contribution in [3.05, 3.63) is 57.6 Å². The minimum absolute atomic E-state index is 0.119. The SMILES string of the molecule is COc1c2cc(C(C)(C)C)cc1CCc1cc(C(C)(C)C)cc(c1OC)CCCCCCCC2. The number of benzene rings is 2. The van der Waals surface area contributed by atoms with Crippen molar-refractivity contribution in [2.24, 2.45) is 0 Å². The van der Waals surface area contributed by atoms with Gasteiger partial charge in [-0.2, -0.15) is 0 Å². The normalized spacial score (nSPS) is 16.2. The Morgan fingerprint density at radius 2 is 0.765 bits per heavy atom. The van der Waals surface area contributed by atoms with Crippen LogP contribution in [0.4, 0.5) is 0 Å². The molecule has 0 saturated heterocycles. The summed E-state index contributed by atoms with van der Waals surface area (Å²) in [5.41, 5.74) is 8.50. The Labute approximate surface area is 209 Å². The van der Waals surface area contributed by atoms with E-state index in [0.29, 0.717) is 0 Å². The first-order valence-electron chi connectivity index (χ1n) is 13.4. The summed E-state index contributed by atoms with van der Waals surface area (Å²) >= 11 is 0. The number of hydrogen-bond acceptors (Lipinski definition) is 2. The van der Waals surface area contributed by atoms with Gasteiger partial charge >= 0.3 is 0 Å². The lowest BCUT2D eigenvalue weighted by atomic mass is 9.82. The van der Waals surface area contributed by atoms with E-state index >= 15 is 0 Å². The van der Waals surface area contributed by atoms with Crippen molar-refractivity contribution in [3.63, 3.8) is 0 Å². The quantitative estimate of drug-likeness (QED) is 0.443. The van der Waals surface area contributed by atoms with Gasteiger partial charge in [0.25, 0.3) is 0 Å². The zero-order valence-corrected chi connectivity index (χ0v) is 23.2. The lowest BCUT2D eigenvalue weighted by molar-refractivity contribution is 0.398. The van der Waals surface area contributed by atoms with Crippen LogP contribution >= 0.6 is 0 Å². The molecule has 0 saturated carbocycles. The Hall–Kier alpha value is -1.96. The van der Waals surface area contributed by atoms with Crippen molar-refractivity contribution in [1.82, 2.24) is 0 Å². The minimum Gasteiger partial charge on any atom is -0.496 e. The van der Waals surface area contributed by atoms with E-state index in [0.717, 1.165) is 37.2 Å². The van der Waals surface area contributed by atoms with E-state index in [4.69, 9.17) is 9.47 Å². The molecule has 4 bridgehead atoms. The Kier molecular flexibility index (Phi) is 8.77. The topological polar surface area (TPSA) is 18.5 Å². The zero-order valence-electron chi connectivity index (χ0n) is 23.2. The Balaban J connectivity index is 2.11. The van der Waals surface area contributed by atoms with Gasteiger partial charge < -0.3 is 9.47 Å². The molecule has 1 aliphatic rings. The number of hydrogen-bond donors (Lipinski definition) is 0. The first kappa shape index (κ1) is 26.6. The number of ether oxygens (including phenoxy) is 2. The number of aryl methyl sites for hydroxylation is 4. The lowest BCUT2D eigenvalue weighted by Crippen LogP contribution is -2.15. The smallest absolute Gasteiger partial charge is 0.125 e. The second kappa shape index (κ2) is 11.2. The fraction of sp³-hybridized carbons (Fsp3) is 0.625. The van der Waals surface area contributed by atoms with Gasteiger partial charge in [-0.15, -0.1) is 0 Å². The van der Waals surface area contributed by atoms with Crippen molar-refractivity contribution in [3.8, 4) is 11.5 Å². The highest BCUT2D eigenvalue weighted by molar-refractivity contribution is 5.50. The molecule has 0 N–H and O–H groups in total. The predicted molar refractivity (Wildman–Crippen MR) is 146 cm³/mol. The van der Waals surface area contributed by atoms with Gasteiger partial charge in [-0.1, -0.05) is 91.5 Å². The molecule has 0 atom stereocenters. The summed E-state index contributed by atoms with van der Waals surface area (Å²) in [7, 11) is 3.69. The predicted octanol–water partition coefficient (Wildman–Crippen LogP) is 8.52. The van der Waals surface area contributed by atoms with E-state index in [-0.39, 0.29) is 10.8 Å². The molecule has 2 nitrogen and oxygen atoms in total. The molecule has 0 spiro atoms. The first-order chi connectivity index (χ1) is 16.0. The van der Waals surface area contributed by atoms with Gasteiger partial charge in [0.05, 0.1) is 14.2 Å². The van der Waals surface area contributed by atoms with Crippen LogP contribution in [0.25, 0.3) is 0 Å². The summed E-state index contributed by atoms with van der Waals surface area (Å²) in [5.74, 6) is 2.21. The van der Waals surface area contributed by atoms with E-state index in [1.54, 1.807) is 0 Å². The highest BCUT2D eigenvalue weighted by Gasteiger charge is 2.22. The number of methoxy groups -OCH3 is 2. The van der Waals surface area contributed by atoms with Gasteiger partial charge in [0.2, 0.25) is 0 Å². The molecular formula is C32H48O2. The third-order valence-corrected chi connectivity index (χ3v) is 7.43. The molecule has 2 aromatic rings. The summed E-state index contributed by atoms with van der Waals surface area (Å²) in [6, 6.07) is 9.60. The van der Waals surface area contributed by atoms with Gasteiger partial charge in [0.15, 0.2) is 0 Å². The maximum atomic E-state index is 6.05. The van der Waals surface area contributed by atoms with E-state index in [9.17, 15) is 0 Å². The molecule has 0 unspecified atom stereocenters. The molecule has 0 aromatic heterocycles. The highest BCUT2D eigenvalue weighted by atomic mass is 16.5. The van der Waals surface area contributed by atoms with Crippen molar-refractivity contribution in [2.45, 2.75) is 117 Å². The largest absolute Gasteiger partial charge is 0.496 e. The van der Waals surface area contributed by atoms with Gasteiger partial charge in [-0.3, -0.25) is 0 Å². The number of fused-ring (bicyclic) bond motifs is 4. The van der Waals surface area contributed by atoms with Crippen LogP contribution in [-0.2, 0) is 36.5 Å². The molecule has 0 amide bonds. The molecule has 0 fully saturated rings. The first-order valence-corrected chi connectivity index (χ1v) is 13.4. The average Bonchev–Trinajstić information content (AvgIpc) is 2.76. The Morgan fingerprint density at radius 3 is 1.06 bits per heavy atom. The maximum Gasteiger partial charge on any atom is 0.125 e. The lowest BCUT2D eigenvalue weighted by Gasteiger charge is -2.25. The Morgan fingerprint density at radius 1 is 0.471 bits per heavy atom. The summed E-state index contributed by atoms with van der Waals surface area (Å²) in [5, 5.41) is 0. The summed E-state index contributed by atoms with van der Waals surface area (Å²) in [6.07, 6.45) is 11.8. The highest BCUT2D eigenvalue weighted by Crippen LogP contribution is 2.37. The molecule has 0 radical (unpaired) electrons. The summed E-state index contributed by atoms with van der Waals surface area (Å²) in [4.78, 5) is 0. The van der Waals surface area contributed by atoms with Gasteiger partial charge in [-0.25, -0.2) is 0 Å².